The maximum atomic E-state index is 12.5. The fraction of sp³-hybridized carbons (Fsp3) is 0.333. The Kier molecular flexibility index (Phi) is 5.59. The molecular weight excluding hydrogens is 325 g/mol. The number of hydrogen-bond donors (Lipinski definition) is 2. The van der Waals surface area contributed by atoms with E-state index < -0.39 is 11.9 Å². The molecule has 0 saturated heterocycles. The van der Waals surface area contributed by atoms with Gasteiger partial charge in [0.1, 0.15) is 5.01 Å². The van der Waals surface area contributed by atoms with Gasteiger partial charge in [0.2, 0.25) is 0 Å². The van der Waals surface area contributed by atoms with Crippen molar-refractivity contribution in [2.45, 2.75) is 26.2 Å². The molecule has 1 aromatic carbocycles. The second kappa shape index (κ2) is 7.45. The zero-order valence-corrected chi connectivity index (χ0v) is 13.6. The Balaban J connectivity index is 1.87. The van der Waals surface area contributed by atoms with Gasteiger partial charge in [-0.1, -0.05) is 29.8 Å². The van der Waals surface area contributed by atoms with E-state index in [1.54, 1.807) is 7.05 Å². The number of thiazole rings is 1. The molecular formula is C15H17F3N4S. The maximum absolute atomic E-state index is 12.5. The highest BCUT2D eigenvalue weighted by Crippen LogP contribution is 2.29. The second-order valence-corrected chi connectivity index (χ2v) is 5.84. The summed E-state index contributed by atoms with van der Waals surface area (Å²) in [6.45, 7) is 2.78. The Morgan fingerprint density at radius 3 is 2.61 bits per heavy atom. The Hall–Kier alpha value is -2.09. The van der Waals surface area contributed by atoms with E-state index in [0.29, 0.717) is 17.5 Å². The summed E-state index contributed by atoms with van der Waals surface area (Å²) in [5.74, 6) is 0.510. The molecule has 0 bridgehead atoms. The number of halogens is 3. The standard InChI is InChI=1S/C15H17F3N4S/c1-10-4-3-5-11(6-10)7-20-14(19-2)21-8-13-22-12(9-23-13)15(16,17)18/h3-6,9H,7-8H2,1-2H3,(H2,19,20,21). The summed E-state index contributed by atoms with van der Waals surface area (Å²) in [6.07, 6.45) is -4.40. The van der Waals surface area contributed by atoms with Crippen molar-refractivity contribution in [3.8, 4) is 0 Å². The second-order valence-electron chi connectivity index (χ2n) is 4.89. The van der Waals surface area contributed by atoms with E-state index in [1.807, 2.05) is 25.1 Å². The third-order valence-corrected chi connectivity index (χ3v) is 3.86. The minimum absolute atomic E-state index is 0.189. The minimum Gasteiger partial charge on any atom is -0.352 e. The summed E-state index contributed by atoms with van der Waals surface area (Å²) in [5, 5.41) is 7.44. The molecule has 0 fully saturated rings. The molecule has 0 unspecified atom stereocenters. The van der Waals surface area contributed by atoms with Crippen LogP contribution < -0.4 is 10.6 Å². The highest BCUT2D eigenvalue weighted by molar-refractivity contribution is 7.09. The van der Waals surface area contributed by atoms with Crippen LogP contribution in [0, 0.1) is 6.92 Å². The lowest BCUT2D eigenvalue weighted by molar-refractivity contribution is -0.140. The van der Waals surface area contributed by atoms with Crippen molar-refractivity contribution in [3.63, 3.8) is 0 Å². The summed E-state index contributed by atoms with van der Waals surface area (Å²) in [6, 6.07) is 8.02. The van der Waals surface area contributed by atoms with Crippen LogP contribution in [-0.4, -0.2) is 18.0 Å². The normalized spacial score (nSPS) is 12.3. The molecule has 0 aliphatic heterocycles. The molecule has 1 heterocycles. The summed E-state index contributed by atoms with van der Waals surface area (Å²) < 4.78 is 37.5. The molecule has 1 aromatic heterocycles. The molecule has 0 radical (unpaired) electrons. The molecule has 0 aliphatic rings. The average Bonchev–Trinajstić information content (AvgIpc) is 2.96. The van der Waals surface area contributed by atoms with Crippen molar-refractivity contribution in [3.05, 3.63) is 51.5 Å². The number of rotatable bonds is 4. The van der Waals surface area contributed by atoms with Crippen LogP contribution in [0.2, 0.25) is 0 Å². The van der Waals surface area contributed by atoms with Gasteiger partial charge in [0.15, 0.2) is 11.7 Å². The van der Waals surface area contributed by atoms with Gasteiger partial charge in [-0.15, -0.1) is 11.3 Å². The fourth-order valence-electron chi connectivity index (χ4n) is 1.91. The molecule has 124 valence electrons. The number of guanidine groups is 1. The van der Waals surface area contributed by atoms with Gasteiger partial charge in [0.25, 0.3) is 0 Å². The quantitative estimate of drug-likeness (QED) is 0.662. The third kappa shape index (κ3) is 5.24. The monoisotopic (exact) mass is 342 g/mol. The highest BCUT2D eigenvalue weighted by atomic mass is 32.1. The van der Waals surface area contributed by atoms with E-state index in [1.165, 1.54) is 0 Å². The molecule has 2 aromatic rings. The van der Waals surface area contributed by atoms with Crippen molar-refractivity contribution in [2.24, 2.45) is 4.99 Å². The van der Waals surface area contributed by atoms with Crippen LogP contribution in [0.4, 0.5) is 13.2 Å². The van der Waals surface area contributed by atoms with Gasteiger partial charge >= 0.3 is 6.18 Å². The number of aryl methyl sites for hydroxylation is 1. The van der Waals surface area contributed by atoms with Gasteiger partial charge in [-0.05, 0) is 12.5 Å². The lowest BCUT2D eigenvalue weighted by atomic mass is 10.1. The van der Waals surface area contributed by atoms with Gasteiger partial charge in [0.05, 0.1) is 6.54 Å². The van der Waals surface area contributed by atoms with Crippen LogP contribution in [0.15, 0.2) is 34.6 Å². The molecule has 0 aliphatic carbocycles. The van der Waals surface area contributed by atoms with Crippen molar-refractivity contribution in [1.29, 1.82) is 0 Å². The Morgan fingerprint density at radius 2 is 2.00 bits per heavy atom. The summed E-state index contributed by atoms with van der Waals surface area (Å²) >= 11 is 0.969. The summed E-state index contributed by atoms with van der Waals surface area (Å²) in [5.41, 5.74) is 1.40. The first-order valence-corrected chi connectivity index (χ1v) is 7.78. The predicted octanol–water partition coefficient (Wildman–Crippen LogP) is 3.34. The molecule has 2 rings (SSSR count). The van der Waals surface area contributed by atoms with E-state index in [4.69, 9.17) is 0 Å². The van der Waals surface area contributed by atoms with Crippen LogP contribution in [0.25, 0.3) is 0 Å². The zero-order valence-electron chi connectivity index (χ0n) is 12.7. The predicted molar refractivity (Wildman–Crippen MR) is 85.3 cm³/mol. The van der Waals surface area contributed by atoms with Crippen LogP contribution >= 0.6 is 11.3 Å². The third-order valence-electron chi connectivity index (χ3n) is 3.02. The number of alkyl halides is 3. The molecule has 23 heavy (non-hydrogen) atoms. The number of nitrogens with one attached hydrogen (secondary N) is 2. The summed E-state index contributed by atoms with van der Waals surface area (Å²) in [4.78, 5) is 7.61. The van der Waals surface area contributed by atoms with E-state index in [0.717, 1.165) is 27.8 Å². The minimum atomic E-state index is -4.40. The highest BCUT2D eigenvalue weighted by Gasteiger charge is 2.33. The van der Waals surface area contributed by atoms with Crippen molar-refractivity contribution < 1.29 is 13.2 Å². The fourth-order valence-corrected chi connectivity index (χ4v) is 2.65. The van der Waals surface area contributed by atoms with E-state index in [9.17, 15) is 13.2 Å². The first-order valence-electron chi connectivity index (χ1n) is 6.90. The molecule has 0 amide bonds. The van der Waals surface area contributed by atoms with E-state index >= 15 is 0 Å². The smallest absolute Gasteiger partial charge is 0.352 e. The lowest BCUT2D eigenvalue weighted by Crippen LogP contribution is -2.36. The Labute approximate surface area is 136 Å². The number of aliphatic imine (C=N–C) groups is 1. The molecule has 0 spiro atoms. The van der Waals surface area contributed by atoms with E-state index in [-0.39, 0.29) is 6.54 Å². The van der Waals surface area contributed by atoms with Crippen molar-refractivity contribution >= 4 is 17.3 Å². The van der Waals surface area contributed by atoms with Crippen molar-refractivity contribution in [2.75, 3.05) is 7.05 Å². The number of hydrogen-bond acceptors (Lipinski definition) is 3. The first-order chi connectivity index (χ1) is 10.9. The number of nitrogens with zero attached hydrogens (tertiary/aromatic N) is 2. The molecule has 0 saturated carbocycles. The van der Waals surface area contributed by atoms with Crippen molar-refractivity contribution in [1.82, 2.24) is 15.6 Å². The maximum Gasteiger partial charge on any atom is 0.434 e. The Bertz CT molecular complexity index is 679. The zero-order chi connectivity index (χ0) is 16.9. The largest absolute Gasteiger partial charge is 0.434 e. The van der Waals surface area contributed by atoms with E-state index in [2.05, 4.69) is 26.7 Å². The molecule has 4 nitrogen and oxygen atoms in total. The van der Waals surface area contributed by atoms with Gasteiger partial charge in [0, 0.05) is 19.0 Å². The number of aromatic nitrogens is 1. The lowest BCUT2D eigenvalue weighted by Gasteiger charge is -2.11. The van der Waals surface area contributed by atoms with Crippen LogP contribution in [0.3, 0.4) is 0 Å². The van der Waals surface area contributed by atoms with Crippen LogP contribution in [0.1, 0.15) is 21.8 Å². The van der Waals surface area contributed by atoms with Gasteiger partial charge < -0.3 is 10.6 Å². The molecule has 0 atom stereocenters. The van der Waals surface area contributed by atoms with Gasteiger partial charge in [-0.25, -0.2) is 4.98 Å². The van der Waals surface area contributed by atoms with Crippen LogP contribution in [0.5, 0.6) is 0 Å². The first kappa shape index (κ1) is 17.3. The molecule has 2 N–H and O–H groups in total. The topological polar surface area (TPSA) is 49.3 Å². The summed E-state index contributed by atoms with van der Waals surface area (Å²) in [7, 11) is 1.61. The molecule has 8 heteroatoms. The Morgan fingerprint density at radius 1 is 1.26 bits per heavy atom. The average molecular weight is 342 g/mol. The van der Waals surface area contributed by atoms with Gasteiger partial charge in [-0.3, -0.25) is 4.99 Å². The van der Waals surface area contributed by atoms with Gasteiger partial charge in [-0.2, -0.15) is 13.2 Å². The number of benzene rings is 1. The van der Waals surface area contributed by atoms with Crippen LogP contribution in [-0.2, 0) is 19.3 Å². The SMILES string of the molecule is CN=C(NCc1cccc(C)c1)NCc1nc(C(F)(F)F)cs1.